The molecule has 0 saturated heterocycles. The zero-order valence-electron chi connectivity index (χ0n) is 5.94. The van der Waals surface area contributed by atoms with Gasteiger partial charge in [-0.25, -0.2) is 0 Å². The first kappa shape index (κ1) is 9.10. The van der Waals surface area contributed by atoms with Crippen LogP contribution in [-0.2, 0) is 4.79 Å². The Morgan fingerprint density at radius 2 is 2.18 bits per heavy atom. The van der Waals surface area contributed by atoms with Crippen molar-refractivity contribution in [2.75, 3.05) is 6.54 Å². The van der Waals surface area contributed by atoms with Gasteiger partial charge < -0.3 is 11.1 Å². The molecule has 3 N–H and O–H groups in total. The number of carbonyl (C=O) groups is 1. The lowest BCUT2D eigenvalue weighted by atomic mass is 10.3. The lowest BCUT2D eigenvalue weighted by Gasteiger charge is -2.09. The molecule has 1 saturated carbocycles. The predicted octanol–water partition coefficient (Wildman–Crippen LogP) is 0.398. The highest BCUT2D eigenvalue weighted by atomic mass is 35.5. The molecule has 64 valence electrons. The number of alkyl halides is 2. The van der Waals surface area contributed by atoms with Gasteiger partial charge >= 0.3 is 0 Å². The maximum absolute atomic E-state index is 11.1. The van der Waals surface area contributed by atoms with Gasteiger partial charge in [-0.3, -0.25) is 4.79 Å². The smallest absolute Gasteiger partial charge is 0.240 e. The molecule has 0 bridgehead atoms. The van der Waals surface area contributed by atoms with E-state index in [-0.39, 0.29) is 12.5 Å². The van der Waals surface area contributed by atoms with E-state index in [2.05, 4.69) is 5.32 Å². The molecule has 0 aromatic carbocycles. The summed E-state index contributed by atoms with van der Waals surface area (Å²) < 4.78 is 0. The molecule has 0 aromatic heterocycles. The second-order valence-corrected chi connectivity index (χ2v) is 4.03. The van der Waals surface area contributed by atoms with Crippen LogP contribution in [0.1, 0.15) is 12.8 Å². The van der Waals surface area contributed by atoms with Gasteiger partial charge in [0.15, 0.2) is 0 Å². The van der Waals surface area contributed by atoms with E-state index in [1.165, 1.54) is 0 Å². The highest BCUT2D eigenvalue weighted by molar-refractivity contribution is 6.44. The third-order valence-corrected chi connectivity index (χ3v) is 1.97. The minimum Gasteiger partial charge on any atom is -0.352 e. The Labute approximate surface area is 75.2 Å². The Hall–Kier alpha value is 0.01000. The summed E-state index contributed by atoms with van der Waals surface area (Å²) in [4.78, 5) is 10.5. The number of nitrogens with one attached hydrogen (secondary N) is 1. The minimum atomic E-state index is -0.622. The summed E-state index contributed by atoms with van der Waals surface area (Å²) in [7, 11) is 0. The van der Waals surface area contributed by atoms with E-state index in [0.29, 0.717) is 0 Å². The van der Waals surface area contributed by atoms with E-state index in [1.807, 2.05) is 0 Å². The van der Waals surface area contributed by atoms with E-state index in [4.69, 9.17) is 28.9 Å². The fourth-order valence-corrected chi connectivity index (χ4v) is 0.862. The van der Waals surface area contributed by atoms with Gasteiger partial charge in [0, 0.05) is 6.54 Å². The quantitative estimate of drug-likeness (QED) is 0.643. The molecule has 0 aliphatic heterocycles. The number of amides is 1. The van der Waals surface area contributed by atoms with Crippen LogP contribution in [0.2, 0.25) is 0 Å². The molecule has 0 heterocycles. The number of rotatable bonds is 3. The van der Waals surface area contributed by atoms with Crippen molar-refractivity contribution < 1.29 is 4.79 Å². The van der Waals surface area contributed by atoms with Crippen molar-refractivity contribution in [1.82, 2.24) is 5.32 Å². The number of nitrogens with two attached hydrogens (primary N) is 1. The minimum absolute atomic E-state index is 0.149. The molecular formula is C6H10Cl2N2O. The third-order valence-electron chi connectivity index (χ3n) is 1.66. The Kier molecular flexibility index (Phi) is 2.62. The Morgan fingerprint density at radius 3 is 2.55 bits per heavy atom. The van der Waals surface area contributed by atoms with Crippen LogP contribution in [0.5, 0.6) is 0 Å². The second-order valence-electron chi connectivity index (χ2n) is 2.76. The van der Waals surface area contributed by atoms with Crippen molar-refractivity contribution in [3.05, 3.63) is 0 Å². The van der Waals surface area contributed by atoms with E-state index in [1.54, 1.807) is 0 Å². The number of carbonyl (C=O) groups excluding carboxylic acids is 1. The molecule has 11 heavy (non-hydrogen) atoms. The summed E-state index contributed by atoms with van der Waals surface area (Å²) >= 11 is 10.8. The molecule has 1 fully saturated rings. The summed E-state index contributed by atoms with van der Waals surface area (Å²) in [6.07, 6.45) is 1.52. The molecule has 1 amide bonds. The van der Waals surface area contributed by atoms with Gasteiger partial charge in [0.25, 0.3) is 0 Å². The Morgan fingerprint density at radius 1 is 1.64 bits per heavy atom. The summed E-state index contributed by atoms with van der Waals surface area (Å²) in [5, 5.41) is 2.56. The molecule has 0 aromatic rings. The van der Waals surface area contributed by atoms with Gasteiger partial charge in [-0.15, -0.1) is 23.2 Å². The van der Waals surface area contributed by atoms with Gasteiger partial charge in [0.1, 0.15) is 4.84 Å². The average molecular weight is 197 g/mol. The van der Waals surface area contributed by atoms with Crippen LogP contribution in [0.3, 0.4) is 0 Å². The number of hydrogen-bond acceptors (Lipinski definition) is 2. The molecule has 0 spiro atoms. The maximum atomic E-state index is 11.1. The first-order valence-corrected chi connectivity index (χ1v) is 4.27. The second kappa shape index (κ2) is 3.17. The fourth-order valence-electron chi connectivity index (χ4n) is 0.708. The molecule has 1 rings (SSSR count). The van der Waals surface area contributed by atoms with Crippen LogP contribution in [-0.4, -0.2) is 22.8 Å². The van der Waals surface area contributed by atoms with Gasteiger partial charge in [0.2, 0.25) is 5.91 Å². The van der Waals surface area contributed by atoms with Crippen molar-refractivity contribution in [1.29, 1.82) is 0 Å². The van der Waals surface area contributed by atoms with Gasteiger partial charge in [-0.05, 0) is 12.8 Å². The molecule has 0 unspecified atom stereocenters. The number of hydrogen-bond donors (Lipinski definition) is 2. The van der Waals surface area contributed by atoms with Crippen LogP contribution < -0.4 is 11.1 Å². The lowest BCUT2D eigenvalue weighted by molar-refractivity contribution is -0.123. The van der Waals surface area contributed by atoms with Gasteiger partial charge in [0.05, 0.1) is 5.54 Å². The normalized spacial score (nSPS) is 20.0. The van der Waals surface area contributed by atoms with Crippen LogP contribution in [0.25, 0.3) is 0 Å². The van der Waals surface area contributed by atoms with Crippen molar-refractivity contribution in [3.63, 3.8) is 0 Å². The average Bonchev–Trinajstić information content (AvgIpc) is 2.64. The van der Waals surface area contributed by atoms with E-state index < -0.39 is 10.4 Å². The molecule has 0 radical (unpaired) electrons. The van der Waals surface area contributed by atoms with Crippen LogP contribution in [0.4, 0.5) is 0 Å². The Bertz CT molecular complexity index is 168. The largest absolute Gasteiger partial charge is 0.352 e. The number of halogens is 2. The highest BCUT2D eigenvalue weighted by Gasteiger charge is 2.45. The van der Waals surface area contributed by atoms with Crippen molar-refractivity contribution in [2.45, 2.75) is 23.2 Å². The molecule has 1 aliphatic rings. The topological polar surface area (TPSA) is 55.1 Å². The monoisotopic (exact) mass is 196 g/mol. The van der Waals surface area contributed by atoms with Crippen molar-refractivity contribution in [2.24, 2.45) is 5.73 Å². The summed E-state index contributed by atoms with van der Waals surface area (Å²) in [5.74, 6) is -0.149. The molecule has 1 aliphatic carbocycles. The highest BCUT2D eigenvalue weighted by Crippen LogP contribution is 2.32. The fraction of sp³-hybridized carbons (Fsp3) is 0.833. The first-order valence-electron chi connectivity index (χ1n) is 3.40. The Balaban J connectivity index is 2.22. The van der Waals surface area contributed by atoms with E-state index in [0.717, 1.165) is 12.8 Å². The lowest BCUT2D eigenvalue weighted by Crippen LogP contribution is -2.44. The first-order chi connectivity index (χ1) is 5.04. The summed E-state index contributed by atoms with van der Waals surface area (Å²) in [6, 6.07) is 0. The molecular weight excluding hydrogens is 187 g/mol. The standard InChI is InChI=1S/C6H10Cl2N2O/c7-4(8)3-10-5(11)6(9)1-2-6/h4H,1-3,9H2,(H,10,11). The SMILES string of the molecule is NC1(C(=O)NCC(Cl)Cl)CC1. The maximum Gasteiger partial charge on any atom is 0.240 e. The molecule has 5 heteroatoms. The van der Waals surface area contributed by atoms with E-state index >= 15 is 0 Å². The molecule has 0 atom stereocenters. The van der Waals surface area contributed by atoms with Crippen molar-refractivity contribution >= 4 is 29.1 Å². The van der Waals surface area contributed by atoms with Gasteiger partial charge in [-0.1, -0.05) is 0 Å². The van der Waals surface area contributed by atoms with Crippen LogP contribution >= 0.6 is 23.2 Å². The van der Waals surface area contributed by atoms with Gasteiger partial charge in [-0.2, -0.15) is 0 Å². The summed E-state index contributed by atoms with van der Waals surface area (Å²) in [5.41, 5.74) is 4.96. The van der Waals surface area contributed by atoms with Crippen LogP contribution in [0, 0.1) is 0 Å². The zero-order chi connectivity index (χ0) is 8.48. The third kappa shape index (κ3) is 2.51. The summed E-state index contributed by atoms with van der Waals surface area (Å²) in [6.45, 7) is 0.265. The zero-order valence-corrected chi connectivity index (χ0v) is 7.45. The van der Waals surface area contributed by atoms with Crippen LogP contribution in [0.15, 0.2) is 0 Å². The molecule has 3 nitrogen and oxygen atoms in total. The van der Waals surface area contributed by atoms with E-state index in [9.17, 15) is 4.79 Å². The predicted molar refractivity (Wildman–Crippen MR) is 44.7 cm³/mol. The van der Waals surface area contributed by atoms with Crippen molar-refractivity contribution in [3.8, 4) is 0 Å².